The van der Waals surface area contributed by atoms with Gasteiger partial charge in [0.1, 0.15) is 13.2 Å². The summed E-state index contributed by atoms with van der Waals surface area (Å²) in [7, 11) is 0. The number of hydrogen-bond acceptors (Lipinski definition) is 6. The van der Waals surface area contributed by atoms with Gasteiger partial charge in [0.25, 0.3) is 0 Å². The molecule has 6 nitrogen and oxygen atoms in total. The van der Waals surface area contributed by atoms with Gasteiger partial charge in [-0.05, 0) is 83.5 Å². The third-order valence-corrected chi connectivity index (χ3v) is 10.0. The van der Waals surface area contributed by atoms with Crippen LogP contribution in [0.1, 0.15) is 226 Å². The maximum Gasteiger partial charge on any atom is 0.309 e. The van der Waals surface area contributed by atoms with Crippen molar-refractivity contribution in [2.45, 2.75) is 232 Å². The number of ether oxygens (including phenoxy) is 3. The molecule has 0 fully saturated rings. The van der Waals surface area contributed by atoms with Gasteiger partial charge in [0.15, 0.2) is 6.10 Å². The second-order valence-corrected chi connectivity index (χ2v) is 15.6. The van der Waals surface area contributed by atoms with Crippen molar-refractivity contribution < 1.29 is 28.6 Å². The lowest BCUT2D eigenvalue weighted by molar-refractivity contribution is -0.166. The van der Waals surface area contributed by atoms with Crippen LogP contribution in [0.15, 0.2) is 60.8 Å². The summed E-state index contributed by atoms with van der Waals surface area (Å²) in [5, 5.41) is 0. The van der Waals surface area contributed by atoms with E-state index in [2.05, 4.69) is 69.4 Å². The molecular formula is C51H88O6. The van der Waals surface area contributed by atoms with Crippen LogP contribution >= 0.6 is 0 Å². The van der Waals surface area contributed by atoms with Crippen LogP contribution in [0.2, 0.25) is 0 Å². The highest BCUT2D eigenvalue weighted by atomic mass is 16.6. The first kappa shape index (κ1) is 54.1. The van der Waals surface area contributed by atoms with Crippen LogP contribution < -0.4 is 0 Å². The fourth-order valence-corrected chi connectivity index (χ4v) is 6.43. The van der Waals surface area contributed by atoms with Crippen LogP contribution in [0.4, 0.5) is 0 Å². The van der Waals surface area contributed by atoms with Gasteiger partial charge < -0.3 is 14.2 Å². The Morgan fingerprint density at radius 3 is 1.23 bits per heavy atom. The van der Waals surface area contributed by atoms with Gasteiger partial charge in [0.05, 0.1) is 6.42 Å². The fraction of sp³-hybridized carbons (Fsp3) is 0.745. The molecule has 1 atom stereocenters. The van der Waals surface area contributed by atoms with E-state index in [0.717, 1.165) is 70.6 Å². The Kier molecular flexibility index (Phi) is 43.5. The number of rotatable bonds is 42. The largest absolute Gasteiger partial charge is 0.462 e. The lowest BCUT2D eigenvalue weighted by Crippen LogP contribution is -2.30. The van der Waals surface area contributed by atoms with Gasteiger partial charge in [0, 0.05) is 12.8 Å². The smallest absolute Gasteiger partial charge is 0.309 e. The van der Waals surface area contributed by atoms with Gasteiger partial charge in [-0.2, -0.15) is 0 Å². The van der Waals surface area contributed by atoms with Crippen molar-refractivity contribution in [3.8, 4) is 0 Å². The Morgan fingerprint density at radius 1 is 0.386 bits per heavy atom. The van der Waals surface area contributed by atoms with Crippen molar-refractivity contribution in [1.29, 1.82) is 0 Å². The number of allylic oxidation sites excluding steroid dienone is 9. The predicted molar refractivity (Wildman–Crippen MR) is 242 cm³/mol. The molecule has 0 amide bonds. The Morgan fingerprint density at radius 2 is 0.754 bits per heavy atom. The van der Waals surface area contributed by atoms with E-state index in [-0.39, 0.29) is 31.6 Å². The second-order valence-electron chi connectivity index (χ2n) is 15.6. The normalized spacial score (nSPS) is 12.5. The molecule has 0 saturated carbocycles. The second kappa shape index (κ2) is 45.8. The van der Waals surface area contributed by atoms with E-state index in [1.807, 2.05) is 6.08 Å². The topological polar surface area (TPSA) is 78.9 Å². The summed E-state index contributed by atoms with van der Waals surface area (Å²) in [6.45, 7) is 6.39. The van der Waals surface area contributed by atoms with E-state index < -0.39 is 12.1 Å². The van der Waals surface area contributed by atoms with Crippen molar-refractivity contribution in [1.82, 2.24) is 0 Å². The zero-order valence-electron chi connectivity index (χ0n) is 37.3. The molecule has 0 aliphatic carbocycles. The number of carbonyl (C=O) groups excluding carboxylic acids is 3. The number of hydrogen-bond donors (Lipinski definition) is 0. The van der Waals surface area contributed by atoms with Gasteiger partial charge in [-0.25, -0.2) is 0 Å². The minimum absolute atomic E-state index is 0.109. The lowest BCUT2D eigenvalue weighted by atomic mass is 10.1. The van der Waals surface area contributed by atoms with E-state index in [0.29, 0.717) is 12.8 Å². The molecule has 0 rings (SSSR count). The van der Waals surface area contributed by atoms with Crippen LogP contribution in [0.5, 0.6) is 0 Å². The third kappa shape index (κ3) is 44.1. The Labute approximate surface area is 351 Å². The first-order valence-electron chi connectivity index (χ1n) is 23.8. The Balaban J connectivity index is 4.40. The van der Waals surface area contributed by atoms with Crippen LogP contribution in [0.3, 0.4) is 0 Å². The van der Waals surface area contributed by atoms with Crippen LogP contribution in [-0.2, 0) is 28.6 Å². The van der Waals surface area contributed by atoms with E-state index >= 15 is 0 Å². The molecule has 57 heavy (non-hydrogen) atoms. The van der Waals surface area contributed by atoms with Crippen LogP contribution in [-0.4, -0.2) is 37.2 Å². The van der Waals surface area contributed by atoms with Crippen molar-refractivity contribution in [3.63, 3.8) is 0 Å². The minimum atomic E-state index is -0.816. The number of unbranched alkanes of at least 4 members (excludes halogenated alkanes) is 22. The monoisotopic (exact) mass is 797 g/mol. The summed E-state index contributed by atoms with van der Waals surface area (Å²) >= 11 is 0. The molecule has 0 radical (unpaired) electrons. The molecule has 0 heterocycles. The number of esters is 3. The third-order valence-electron chi connectivity index (χ3n) is 10.0. The zero-order chi connectivity index (χ0) is 41.5. The molecule has 0 aliphatic rings. The SMILES string of the molecule is CC/C=C\C/C=C\C/C=C\CC(=O)OCC(COC(=O)CCCCCCCCC/C=C\CCCCCCCC)OC(=O)CCCCC/C=C\CCCCCCCC. The highest BCUT2D eigenvalue weighted by molar-refractivity contribution is 5.72. The summed E-state index contributed by atoms with van der Waals surface area (Å²) < 4.78 is 16.6. The van der Waals surface area contributed by atoms with E-state index in [4.69, 9.17) is 14.2 Å². The first-order chi connectivity index (χ1) is 28.0. The summed E-state index contributed by atoms with van der Waals surface area (Å²) in [5.74, 6) is -1.06. The van der Waals surface area contributed by atoms with Crippen molar-refractivity contribution in [3.05, 3.63) is 60.8 Å². The van der Waals surface area contributed by atoms with E-state index in [1.54, 1.807) is 6.08 Å². The fourth-order valence-electron chi connectivity index (χ4n) is 6.43. The molecule has 0 aromatic carbocycles. The molecule has 0 spiro atoms. The van der Waals surface area contributed by atoms with Gasteiger partial charge >= 0.3 is 17.9 Å². The summed E-state index contributed by atoms with van der Waals surface area (Å²) in [6, 6.07) is 0. The minimum Gasteiger partial charge on any atom is -0.462 e. The van der Waals surface area contributed by atoms with Crippen LogP contribution in [0.25, 0.3) is 0 Å². The van der Waals surface area contributed by atoms with Crippen molar-refractivity contribution in [2.75, 3.05) is 13.2 Å². The molecule has 1 unspecified atom stereocenters. The molecule has 0 saturated heterocycles. The average molecular weight is 797 g/mol. The summed E-state index contributed by atoms with van der Waals surface area (Å²) in [5.41, 5.74) is 0. The predicted octanol–water partition coefficient (Wildman–Crippen LogP) is 15.3. The molecule has 6 heteroatoms. The molecule has 328 valence electrons. The molecule has 0 aromatic heterocycles. The van der Waals surface area contributed by atoms with E-state index in [9.17, 15) is 14.4 Å². The van der Waals surface area contributed by atoms with Gasteiger partial charge in [-0.1, -0.05) is 184 Å². The van der Waals surface area contributed by atoms with Gasteiger partial charge in [-0.15, -0.1) is 0 Å². The number of carbonyl (C=O) groups is 3. The summed E-state index contributed by atoms with van der Waals surface area (Å²) in [4.78, 5) is 37.7. The maximum absolute atomic E-state index is 12.7. The first-order valence-corrected chi connectivity index (χ1v) is 23.8. The van der Waals surface area contributed by atoms with Crippen LogP contribution in [0, 0.1) is 0 Å². The highest BCUT2D eigenvalue weighted by Crippen LogP contribution is 2.13. The average Bonchev–Trinajstić information content (AvgIpc) is 3.21. The molecule has 0 N–H and O–H groups in total. The van der Waals surface area contributed by atoms with Gasteiger partial charge in [0.2, 0.25) is 0 Å². The highest BCUT2D eigenvalue weighted by Gasteiger charge is 2.19. The zero-order valence-corrected chi connectivity index (χ0v) is 37.3. The lowest BCUT2D eigenvalue weighted by Gasteiger charge is -2.18. The molecule has 0 bridgehead atoms. The quantitative estimate of drug-likeness (QED) is 0.0265. The van der Waals surface area contributed by atoms with Crippen molar-refractivity contribution >= 4 is 17.9 Å². The molecular weight excluding hydrogens is 709 g/mol. The molecule has 0 aliphatic heterocycles. The van der Waals surface area contributed by atoms with E-state index in [1.165, 1.54) is 116 Å². The maximum atomic E-state index is 12.7. The molecule has 0 aromatic rings. The van der Waals surface area contributed by atoms with Crippen molar-refractivity contribution in [2.24, 2.45) is 0 Å². The Bertz CT molecular complexity index is 1050. The van der Waals surface area contributed by atoms with Gasteiger partial charge in [-0.3, -0.25) is 14.4 Å². The summed E-state index contributed by atoms with van der Waals surface area (Å²) in [6.07, 6.45) is 55.3. The Hall–Kier alpha value is -2.89. The standard InChI is InChI=1S/C51H88O6/c1-4-7-10-13-16-19-21-23-24-25-26-28-29-32-35-38-41-44-50(53)56-47-48(46-55-49(52)43-40-37-34-31-18-15-12-9-6-3)57-51(54)45-42-39-36-33-30-27-22-20-17-14-11-8-5-2/h9,12,18,23-24,27,30-31,37,40,48H,4-8,10-11,13-17,19-22,25-26,28-29,32-36,38-39,41-47H2,1-3H3/b12-9-,24-23-,30-27-,31-18-,40-37-.